The molecule has 6 heteroatoms. The van der Waals surface area contributed by atoms with Gasteiger partial charge in [0.15, 0.2) is 0 Å². The maximum atomic E-state index is 8.63. The molecule has 0 aromatic heterocycles. The van der Waals surface area contributed by atoms with Gasteiger partial charge >= 0.3 is 0 Å². The Morgan fingerprint density at radius 1 is 0.833 bits per heavy atom. The van der Waals surface area contributed by atoms with E-state index in [4.69, 9.17) is 43.2 Å². The summed E-state index contributed by atoms with van der Waals surface area (Å²) in [6.45, 7) is 3.65. The molecule has 0 N–H and O–H groups in total. The van der Waals surface area contributed by atoms with E-state index in [1.165, 1.54) is 0 Å². The predicted octanol–water partition coefficient (Wildman–Crippen LogP) is 5.22. The van der Waals surface area contributed by atoms with Crippen molar-refractivity contribution in [1.29, 1.82) is 10.5 Å². The van der Waals surface area contributed by atoms with Crippen LogP contribution < -0.4 is 9.47 Å². The van der Waals surface area contributed by atoms with E-state index in [0.717, 1.165) is 22.3 Å². The molecule has 0 heterocycles. The molecule has 2 aromatic rings. The lowest BCUT2D eigenvalue weighted by atomic mass is 9.96. The first-order valence-electron chi connectivity index (χ1n) is 6.87. The van der Waals surface area contributed by atoms with Crippen molar-refractivity contribution in [3.05, 3.63) is 63.1 Å². The van der Waals surface area contributed by atoms with E-state index in [1.54, 1.807) is 36.8 Å². The molecule has 2 rings (SSSR count). The number of nitriles is 2. The lowest BCUT2D eigenvalue weighted by Crippen LogP contribution is -1.94. The molecule has 0 radical (unpaired) electrons. The number of rotatable bonds is 4. The van der Waals surface area contributed by atoms with Crippen molar-refractivity contribution in [2.24, 2.45) is 0 Å². The zero-order valence-electron chi connectivity index (χ0n) is 12.9. The highest BCUT2D eigenvalue weighted by molar-refractivity contribution is 6.59. The summed E-state index contributed by atoms with van der Waals surface area (Å²) in [7, 11) is 0. The fourth-order valence-electron chi connectivity index (χ4n) is 2.32. The van der Waals surface area contributed by atoms with Crippen LogP contribution in [0.4, 0.5) is 0 Å². The van der Waals surface area contributed by atoms with Crippen molar-refractivity contribution < 1.29 is 9.47 Å². The van der Waals surface area contributed by atoms with E-state index >= 15 is 0 Å². The standard InChI is InChI=1S/C18H12Cl2N2O2/c1-11-7-13(3-5-15(11)23-9-21)17(18(19)20)14-4-6-16(24-10-22)12(2)8-14/h3-8H,1-2H3. The first kappa shape index (κ1) is 17.7. The highest BCUT2D eigenvalue weighted by Gasteiger charge is 2.13. The predicted molar refractivity (Wildman–Crippen MR) is 92.6 cm³/mol. The van der Waals surface area contributed by atoms with E-state index in [0.29, 0.717) is 17.1 Å². The quantitative estimate of drug-likeness (QED) is 0.702. The van der Waals surface area contributed by atoms with Gasteiger partial charge in [0.1, 0.15) is 16.0 Å². The number of nitrogens with zero attached hydrogens (tertiary/aromatic N) is 2. The second-order valence-corrected chi connectivity index (χ2v) is 5.93. The topological polar surface area (TPSA) is 66.0 Å². The van der Waals surface area contributed by atoms with E-state index in [9.17, 15) is 0 Å². The fourth-order valence-corrected chi connectivity index (χ4v) is 2.76. The van der Waals surface area contributed by atoms with Gasteiger partial charge in [-0.05, 0) is 60.4 Å². The number of hydrogen-bond donors (Lipinski definition) is 0. The smallest absolute Gasteiger partial charge is 0.292 e. The second kappa shape index (κ2) is 7.75. The van der Waals surface area contributed by atoms with Crippen LogP contribution in [0.25, 0.3) is 5.57 Å². The molecule has 0 bridgehead atoms. The summed E-state index contributed by atoms with van der Waals surface area (Å²) in [5.74, 6) is 0.945. The largest absolute Gasteiger partial charge is 0.388 e. The third kappa shape index (κ3) is 3.81. The first-order valence-corrected chi connectivity index (χ1v) is 7.62. The van der Waals surface area contributed by atoms with Crippen LogP contribution in [0.3, 0.4) is 0 Å². The van der Waals surface area contributed by atoms with E-state index in [-0.39, 0.29) is 4.49 Å². The summed E-state index contributed by atoms with van der Waals surface area (Å²) in [5, 5.41) is 17.3. The number of aryl methyl sites for hydroxylation is 2. The molecule has 2 aromatic carbocycles. The summed E-state index contributed by atoms with van der Waals surface area (Å²) >= 11 is 12.2. The highest BCUT2D eigenvalue weighted by atomic mass is 35.5. The summed E-state index contributed by atoms with van der Waals surface area (Å²) < 4.78 is 9.86. The normalized spacial score (nSPS) is 9.58. The van der Waals surface area contributed by atoms with Gasteiger partial charge < -0.3 is 9.47 Å². The van der Waals surface area contributed by atoms with Crippen molar-refractivity contribution in [3.63, 3.8) is 0 Å². The third-order valence-corrected chi connectivity index (χ3v) is 3.81. The second-order valence-electron chi connectivity index (χ2n) is 4.98. The van der Waals surface area contributed by atoms with Crippen LogP contribution in [0.5, 0.6) is 11.5 Å². The molecule has 24 heavy (non-hydrogen) atoms. The van der Waals surface area contributed by atoms with Gasteiger partial charge in [-0.15, -0.1) is 10.5 Å². The van der Waals surface area contributed by atoms with Crippen LogP contribution in [0, 0.1) is 36.9 Å². The van der Waals surface area contributed by atoms with Crippen LogP contribution in [0.15, 0.2) is 40.9 Å². The van der Waals surface area contributed by atoms with Gasteiger partial charge in [0.25, 0.3) is 12.5 Å². The van der Waals surface area contributed by atoms with Crippen LogP contribution in [-0.2, 0) is 0 Å². The Balaban J connectivity index is 2.51. The van der Waals surface area contributed by atoms with E-state index in [2.05, 4.69) is 0 Å². The van der Waals surface area contributed by atoms with Crippen molar-refractivity contribution in [2.45, 2.75) is 13.8 Å². The molecule has 0 atom stereocenters. The Morgan fingerprint density at radius 2 is 1.25 bits per heavy atom. The summed E-state index contributed by atoms with van der Waals surface area (Å²) in [4.78, 5) is 0. The van der Waals surface area contributed by atoms with Crippen molar-refractivity contribution >= 4 is 28.8 Å². The molecule has 0 aliphatic heterocycles. The summed E-state index contributed by atoms with van der Waals surface area (Å²) in [6, 6.07) is 10.6. The molecule has 0 amide bonds. The summed E-state index contributed by atoms with van der Waals surface area (Å²) in [6.07, 6.45) is 3.30. The molecular formula is C18H12Cl2N2O2. The molecule has 0 spiro atoms. The molecule has 0 fully saturated rings. The molecule has 0 saturated heterocycles. The van der Waals surface area contributed by atoms with Gasteiger partial charge in [0, 0.05) is 5.57 Å². The molecule has 4 nitrogen and oxygen atoms in total. The number of halogens is 2. The van der Waals surface area contributed by atoms with Crippen LogP contribution >= 0.6 is 23.2 Å². The molecule has 0 saturated carbocycles. The monoisotopic (exact) mass is 358 g/mol. The number of hydrogen-bond acceptors (Lipinski definition) is 4. The Bertz CT molecular complexity index is 821. The average Bonchev–Trinajstić information content (AvgIpc) is 2.52. The van der Waals surface area contributed by atoms with Gasteiger partial charge in [-0.25, -0.2) is 0 Å². The minimum absolute atomic E-state index is 0.108. The lowest BCUT2D eigenvalue weighted by molar-refractivity contribution is 0.503. The minimum atomic E-state index is 0.108. The Morgan fingerprint density at radius 3 is 1.54 bits per heavy atom. The zero-order chi connectivity index (χ0) is 17.7. The van der Waals surface area contributed by atoms with Gasteiger partial charge in [0.05, 0.1) is 0 Å². The number of benzene rings is 2. The molecule has 120 valence electrons. The lowest BCUT2D eigenvalue weighted by Gasteiger charge is -2.12. The van der Waals surface area contributed by atoms with Crippen LogP contribution in [0.2, 0.25) is 0 Å². The van der Waals surface area contributed by atoms with Crippen LogP contribution in [-0.4, -0.2) is 0 Å². The van der Waals surface area contributed by atoms with Gasteiger partial charge in [0.2, 0.25) is 0 Å². The zero-order valence-corrected chi connectivity index (χ0v) is 14.4. The van der Waals surface area contributed by atoms with Crippen molar-refractivity contribution in [3.8, 4) is 24.0 Å². The average molecular weight is 359 g/mol. The summed E-state index contributed by atoms with van der Waals surface area (Å²) in [5.41, 5.74) is 3.76. The molecule has 0 aliphatic carbocycles. The third-order valence-electron chi connectivity index (χ3n) is 3.43. The maximum absolute atomic E-state index is 8.63. The van der Waals surface area contributed by atoms with Gasteiger partial charge in [-0.3, -0.25) is 0 Å². The Kier molecular flexibility index (Phi) is 5.71. The van der Waals surface area contributed by atoms with Gasteiger partial charge in [-0.1, -0.05) is 35.3 Å². The Hall–Kier alpha value is -2.66. The molecule has 0 aliphatic rings. The fraction of sp³-hybridized carbons (Fsp3) is 0.111. The SMILES string of the molecule is Cc1cc(C(=C(Cl)Cl)c2ccc(OC#N)c(C)c2)ccc1OC#N. The van der Waals surface area contributed by atoms with Crippen molar-refractivity contribution in [1.82, 2.24) is 0 Å². The first-order chi connectivity index (χ1) is 11.5. The van der Waals surface area contributed by atoms with Crippen LogP contribution in [0.1, 0.15) is 22.3 Å². The molecule has 0 unspecified atom stereocenters. The number of ether oxygens (including phenoxy) is 2. The maximum Gasteiger partial charge on any atom is 0.292 e. The Labute approximate surface area is 150 Å². The van der Waals surface area contributed by atoms with Crippen molar-refractivity contribution in [2.75, 3.05) is 0 Å². The van der Waals surface area contributed by atoms with E-state index < -0.39 is 0 Å². The molecular weight excluding hydrogens is 347 g/mol. The van der Waals surface area contributed by atoms with E-state index in [1.807, 2.05) is 26.0 Å². The minimum Gasteiger partial charge on any atom is -0.388 e. The van der Waals surface area contributed by atoms with Gasteiger partial charge in [-0.2, -0.15) is 0 Å². The highest BCUT2D eigenvalue weighted by Crippen LogP contribution is 2.35.